The second-order valence-corrected chi connectivity index (χ2v) is 4.63. The van der Waals surface area contributed by atoms with Crippen molar-refractivity contribution in [1.29, 1.82) is 0 Å². The summed E-state index contributed by atoms with van der Waals surface area (Å²) in [5.41, 5.74) is 0. The molecule has 2 rings (SSSR count). The van der Waals surface area contributed by atoms with Gasteiger partial charge in [0.15, 0.2) is 0 Å². The Hall–Kier alpha value is -0.810. The lowest BCUT2D eigenvalue weighted by Gasteiger charge is -2.39. The van der Waals surface area contributed by atoms with Crippen LogP contribution in [0.5, 0.6) is 0 Å². The monoisotopic (exact) mass is 228 g/mol. The summed E-state index contributed by atoms with van der Waals surface area (Å²) in [5.74, 6) is 0. The van der Waals surface area contributed by atoms with E-state index in [9.17, 15) is 4.79 Å². The predicted octanol–water partition coefficient (Wildman–Crippen LogP) is 0.897. The van der Waals surface area contributed by atoms with Crippen molar-refractivity contribution >= 4 is 6.09 Å². The van der Waals surface area contributed by atoms with E-state index >= 15 is 0 Å². The summed E-state index contributed by atoms with van der Waals surface area (Å²) in [6.45, 7) is 3.65. The quantitative estimate of drug-likeness (QED) is 0.737. The van der Waals surface area contributed by atoms with Crippen LogP contribution >= 0.6 is 0 Å². The summed E-state index contributed by atoms with van der Waals surface area (Å²) >= 11 is 0. The van der Waals surface area contributed by atoms with Gasteiger partial charge in [-0.2, -0.15) is 0 Å². The summed E-state index contributed by atoms with van der Waals surface area (Å²) < 4.78 is 5.35. The van der Waals surface area contributed by atoms with Crippen LogP contribution < -0.4 is 5.32 Å². The van der Waals surface area contributed by atoms with E-state index in [0.29, 0.717) is 6.04 Å². The lowest BCUT2D eigenvalue weighted by atomic mass is 10.00. The van der Waals surface area contributed by atoms with Crippen molar-refractivity contribution in [3.63, 3.8) is 0 Å². The molecule has 0 aromatic rings. The molecule has 1 unspecified atom stereocenters. The van der Waals surface area contributed by atoms with E-state index in [4.69, 9.17) is 9.84 Å². The molecule has 2 fully saturated rings. The molecule has 92 valence electrons. The van der Waals surface area contributed by atoms with Gasteiger partial charge in [0.2, 0.25) is 0 Å². The molecular formula is C11H20N2O3. The Kier molecular flexibility index (Phi) is 4.01. The fourth-order valence-corrected chi connectivity index (χ4v) is 2.68. The van der Waals surface area contributed by atoms with Crippen LogP contribution in [0.25, 0.3) is 0 Å². The van der Waals surface area contributed by atoms with Crippen molar-refractivity contribution in [2.75, 3.05) is 26.3 Å². The topological polar surface area (TPSA) is 61.8 Å². The fourth-order valence-electron chi connectivity index (χ4n) is 2.68. The SMILES string of the molecule is O=C(O)NC1CCCN(C2CCOCC2)C1. The molecule has 1 amide bonds. The van der Waals surface area contributed by atoms with Gasteiger partial charge in [-0.15, -0.1) is 0 Å². The van der Waals surface area contributed by atoms with Crippen LogP contribution in [0.15, 0.2) is 0 Å². The van der Waals surface area contributed by atoms with Gasteiger partial charge < -0.3 is 15.2 Å². The van der Waals surface area contributed by atoms with Crippen molar-refractivity contribution in [2.24, 2.45) is 0 Å². The molecule has 0 bridgehead atoms. The van der Waals surface area contributed by atoms with Crippen LogP contribution in [0.3, 0.4) is 0 Å². The number of nitrogens with zero attached hydrogens (tertiary/aromatic N) is 1. The van der Waals surface area contributed by atoms with E-state index in [2.05, 4.69) is 10.2 Å². The zero-order valence-electron chi connectivity index (χ0n) is 9.52. The molecule has 0 spiro atoms. The molecule has 0 radical (unpaired) electrons. The Morgan fingerprint density at radius 2 is 2.06 bits per heavy atom. The lowest BCUT2D eigenvalue weighted by molar-refractivity contribution is 0.0221. The highest BCUT2D eigenvalue weighted by molar-refractivity contribution is 5.64. The average Bonchev–Trinajstić information content (AvgIpc) is 2.30. The molecular weight excluding hydrogens is 208 g/mol. The van der Waals surface area contributed by atoms with E-state index in [1.807, 2.05) is 0 Å². The van der Waals surface area contributed by atoms with E-state index in [0.717, 1.165) is 52.0 Å². The largest absolute Gasteiger partial charge is 0.465 e. The molecule has 0 aromatic carbocycles. The Balaban J connectivity index is 1.83. The number of rotatable bonds is 2. The molecule has 2 saturated heterocycles. The van der Waals surface area contributed by atoms with Gasteiger partial charge in [0.1, 0.15) is 0 Å². The molecule has 2 aliphatic heterocycles. The predicted molar refractivity (Wildman–Crippen MR) is 59.6 cm³/mol. The highest BCUT2D eigenvalue weighted by Gasteiger charge is 2.27. The second kappa shape index (κ2) is 5.50. The van der Waals surface area contributed by atoms with Crippen LogP contribution in [0.1, 0.15) is 25.7 Å². The third-order valence-electron chi connectivity index (χ3n) is 3.49. The average molecular weight is 228 g/mol. The molecule has 16 heavy (non-hydrogen) atoms. The first-order valence-electron chi connectivity index (χ1n) is 6.07. The highest BCUT2D eigenvalue weighted by Crippen LogP contribution is 2.19. The Labute approximate surface area is 95.8 Å². The van der Waals surface area contributed by atoms with Crippen LogP contribution in [0.4, 0.5) is 4.79 Å². The Bertz CT molecular complexity index is 241. The zero-order chi connectivity index (χ0) is 11.4. The van der Waals surface area contributed by atoms with Gasteiger partial charge in [-0.1, -0.05) is 0 Å². The third-order valence-corrected chi connectivity index (χ3v) is 3.49. The minimum Gasteiger partial charge on any atom is -0.465 e. The van der Waals surface area contributed by atoms with E-state index in [1.165, 1.54) is 0 Å². The minimum atomic E-state index is -0.904. The zero-order valence-corrected chi connectivity index (χ0v) is 9.52. The van der Waals surface area contributed by atoms with Gasteiger partial charge in [0.25, 0.3) is 0 Å². The maximum Gasteiger partial charge on any atom is 0.404 e. The molecule has 2 N–H and O–H groups in total. The van der Waals surface area contributed by atoms with Crippen molar-refractivity contribution in [1.82, 2.24) is 10.2 Å². The highest BCUT2D eigenvalue weighted by atomic mass is 16.5. The first-order chi connectivity index (χ1) is 7.75. The fraction of sp³-hybridized carbons (Fsp3) is 0.909. The number of amides is 1. The Morgan fingerprint density at radius 3 is 2.75 bits per heavy atom. The molecule has 0 aliphatic carbocycles. The molecule has 0 saturated carbocycles. The third kappa shape index (κ3) is 3.09. The van der Waals surface area contributed by atoms with Crippen molar-refractivity contribution in [3.05, 3.63) is 0 Å². The van der Waals surface area contributed by atoms with Gasteiger partial charge in [-0.3, -0.25) is 4.90 Å². The smallest absolute Gasteiger partial charge is 0.404 e. The van der Waals surface area contributed by atoms with E-state index < -0.39 is 6.09 Å². The molecule has 5 nitrogen and oxygen atoms in total. The standard InChI is InChI=1S/C11H20N2O3/c14-11(15)12-9-2-1-5-13(8-9)10-3-6-16-7-4-10/h9-10,12H,1-8H2,(H,14,15). The number of ether oxygens (including phenoxy) is 1. The first kappa shape index (κ1) is 11.7. The lowest BCUT2D eigenvalue weighted by Crippen LogP contribution is -2.51. The maximum absolute atomic E-state index is 10.6. The first-order valence-corrected chi connectivity index (χ1v) is 6.07. The summed E-state index contributed by atoms with van der Waals surface area (Å²) in [5, 5.41) is 11.3. The van der Waals surface area contributed by atoms with Crippen molar-refractivity contribution in [2.45, 2.75) is 37.8 Å². The Morgan fingerprint density at radius 1 is 1.31 bits per heavy atom. The number of hydrogen-bond acceptors (Lipinski definition) is 3. The molecule has 0 aromatic heterocycles. The molecule has 2 aliphatic rings. The maximum atomic E-state index is 10.6. The van der Waals surface area contributed by atoms with Crippen LogP contribution in [-0.4, -0.2) is 54.5 Å². The van der Waals surface area contributed by atoms with Crippen LogP contribution in [0.2, 0.25) is 0 Å². The number of carboxylic acid groups (broad SMARTS) is 1. The van der Waals surface area contributed by atoms with Gasteiger partial charge in [-0.05, 0) is 32.2 Å². The van der Waals surface area contributed by atoms with Gasteiger partial charge >= 0.3 is 6.09 Å². The second-order valence-electron chi connectivity index (χ2n) is 4.63. The van der Waals surface area contributed by atoms with Gasteiger partial charge in [0.05, 0.1) is 0 Å². The summed E-state index contributed by atoms with van der Waals surface area (Å²) in [7, 11) is 0. The number of piperidine rings is 1. The summed E-state index contributed by atoms with van der Waals surface area (Å²) in [4.78, 5) is 13.0. The van der Waals surface area contributed by atoms with E-state index in [-0.39, 0.29) is 6.04 Å². The number of likely N-dealkylation sites (tertiary alicyclic amines) is 1. The minimum absolute atomic E-state index is 0.106. The summed E-state index contributed by atoms with van der Waals surface area (Å²) in [6, 6.07) is 0.696. The molecule has 2 heterocycles. The van der Waals surface area contributed by atoms with Crippen molar-refractivity contribution in [3.8, 4) is 0 Å². The number of carbonyl (C=O) groups is 1. The normalized spacial score (nSPS) is 28.9. The molecule has 1 atom stereocenters. The van der Waals surface area contributed by atoms with Gasteiger partial charge in [-0.25, -0.2) is 4.79 Å². The number of nitrogens with one attached hydrogen (secondary N) is 1. The number of hydrogen-bond donors (Lipinski definition) is 2. The van der Waals surface area contributed by atoms with Crippen LogP contribution in [0, 0.1) is 0 Å². The molecule has 5 heteroatoms. The van der Waals surface area contributed by atoms with Crippen molar-refractivity contribution < 1.29 is 14.6 Å². The van der Waals surface area contributed by atoms with E-state index in [1.54, 1.807) is 0 Å². The van der Waals surface area contributed by atoms with Crippen LogP contribution in [-0.2, 0) is 4.74 Å². The summed E-state index contributed by atoms with van der Waals surface area (Å²) in [6.07, 6.45) is 3.31. The van der Waals surface area contributed by atoms with Gasteiger partial charge in [0, 0.05) is 31.8 Å².